The second-order valence-electron chi connectivity index (χ2n) is 5.81. The van der Waals surface area contributed by atoms with E-state index in [1.807, 2.05) is 28.8 Å². The molecule has 0 saturated heterocycles. The lowest BCUT2D eigenvalue weighted by Crippen LogP contribution is -2.12. The van der Waals surface area contributed by atoms with E-state index in [1.165, 1.54) is 0 Å². The van der Waals surface area contributed by atoms with Crippen LogP contribution in [-0.2, 0) is 6.54 Å². The molecule has 0 amide bonds. The number of Topliss-reactive ketones (excluding diaryl/α,β-unsaturated/α-hetero) is 1. The van der Waals surface area contributed by atoms with Gasteiger partial charge in [0.25, 0.3) is 0 Å². The summed E-state index contributed by atoms with van der Waals surface area (Å²) in [5.74, 6) is 2.13. The molecule has 0 bridgehead atoms. The Labute approximate surface area is 157 Å². The molecule has 0 unspecified atom stereocenters. The summed E-state index contributed by atoms with van der Waals surface area (Å²) in [6, 6.07) is 13.1. The quantitative estimate of drug-likeness (QED) is 0.433. The van der Waals surface area contributed by atoms with Crippen molar-refractivity contribution in [2.45, 2.75) is 25.0 Å². The highest BCUT2D eigenvalue weighted by molar-refractivity contribution is 7.99. The lowest BCUT2D eigenvalue weighted by molar-refractivity contribution is 0.0970. The van der Waals surface area contributed by atoms with Gasteiger partial charge in [0.2, 0.25) is 0 Å². The van der Waals surface area contributed by atoms with Gasteiger partial charge in [0.05, 0.1) is 31.8 Å². The topological polar surface area (TPSA) is 53.4 Å². The predicted molar refractivity (Wildman–Crippen MR) is 105 cm³/mol. The van der Waals surface area contributed by atoms with Crippen LogP contribution in [0, 0.1) is 0 Å². The molecule has 136 valence electrons. The molecular formula is C20H22N2O3S. The van der Waals surface area contributed by atoms with Gasteiger partial charge in [-0.3, -0.25) is 4.79 Å². The first-order chi connectivity index (χ1) is 12.7. The summed E-state index contributed by atoms with van der Waals surface area (Å²) in [6.45, 7) is 2.37. The minimum absolute atomic E-state index is 0.00690. The van der Waals surface area contributed by atoms with Crippen molar-refractivity contribution in [3.8, 4) is 11.5 Å². The molecule has 0 aliphatic carbocycles. The van der Waals surface area contributed by atoms with Gasteiger partial charge < -0.3 is 14.0 Å². The second-order valence-corrected chi connectivity index (χ2v) is 6.87. The number of ketones is 1. The van der Waals surface area contributed by atoms with Crippen LogP contribution in [0.25, 0.3) is 11.0 Å². The number of ether oxygens (including phenoxy) is 2. The summed E-state index contributed by atoms with van der Waals surface area (Å²) in [6.07, 6.45) is 1.05. The van der Waals surface area contributed by atoms with E-state index < -0.39 is 0 Å². The maximum absolute atomic E-state index is 12.9. The molecule has 6 heteroatoms. The van der Waals surface area contributed by atoms with Crippen LogP contribution in [0.2, 0.25) is 0 Å². The number of carbonyl (C=O) groups is 1. The molecule has 0 atom stereocenters. The number of rotatable bonds is 8. The monoisotopic (exact) mass is 370 g/mol. The third-order valence-corrected chi connectivity index (χ3v) is 5.24. The molecule has 26 heavy (non-hydrogen) atoms. The maximum Gasteiger partial charge on any atom is 0.182 e. The Morgan fingerprint density at radius 2 is 1.88 bits per heavy atom. The Bertz CT molecular complexity index is 921. The molecule has 0 spiro atoms. The minimum atomic E-state index is 0.00690. The number of benzene rings is 2. The molecule has 1 aromatic heterocycles. The van der Waals surface area contributed by atoms with Crippen LogP contribution in [0.5, 0.6) is 11.5 Å². The molecule has 3 aromatic rings. The summed E-state index contributed by atoms with van der Waals surface area (Å²) in [5, 5.41) is 0.877. The van der Waals surface area contributed by atoms with E-state index in [1.54, 1.807) is 44.2 Å². The number of aromatic nitrogens is 2. The molecule has 5 nitrogen and oxygen atoms in total. The van der Waals surface area contributed by atoms with E-state index in [4.69, 9.17) is 9.47 Å². The van der Waals surface area contributed by atoms with Gasteiger partial charge in [-0.25, -0.2) is 4.98 Å². The fourth-order valence-corrected chi connectivity index (χ4v) is 3.62. The van der Waals surface area contributed by atoms with E-state index in [0.29, 0.717) is 17.1 Å². The molecule has 0 aliphatic rings. The second kappa shape index (κ2) is 8.27. The average molecular weight is 370 g/mol. The molecule has 3 rings (SSSR count). The highest BCUT2D eigenvalue weighted by Crippen LogP contribution is 2.29. The number of carbonyl (C=O) groups excluding carboxylic acids is 1. The summed E-state index contributed by atoms with van der Waals surface area (Å²) in [5.41, 5.74) is 2.47. The Morgan fingerprint density at radius 3 is 2.62 bits per heavy atom. The molecular weight excluding hydrogens is 348 g/mol. The van der Waals surface area contributed by atoms with Crippen LogP contribution >= 0.6 is 11.8 Å². The smallest absolute Gasteiger partial charge is 0.182 e. The number of para-hydroxylation sites is 2. The van der Waals surface area contributed by atoms with Gasteiger partial charge in [0.15, 0.2) is 22.4 Å². The summed E-state index contributed by atoms with van der Waals surface area (Å²) < 4.78 is 12.5. The Kier molecular flexibility index (Phi) is 5.83. The lowest BCUT2D eigenvalue weighted by Gasteiger charge is -2.11. The summed E-state index contributed by atoms with van der Waals surface area (Å²) in [7, 11) is 3.14. The summed E-state index contributed by atoms with van der Waals surface area (Å²) >= 11 is 1.68. The van der Waals surface area contributed by atoms with Crippen LogP contribution < -0.4 is 9.47 Å². The number of fused-ring (bicyclic) bond motifs is 1. The highest BCUT2D eigenvalue weighted by atomic mass is 32.2. The van der Waals surface area contributed by atoms with E-state index in [2.05, 4.69) is 11.9 Å². The Morgan fingerprint density at radius 1 is 1.12 bits per heavy atom. The number of imidazole rings is 1. The normalized spacial score (nSPS) is 10.9. The van der Waals surface area contributed by atoms with Gasteiger partial charge in [0.1, 0.15) is 0 Å². The summed E-state index contributed by atoms with van der Waals surface area (Å²) in [4.78, 5) is 17.6. The zero-order chi connectivity index (χ0) is 18.5. The average Bonchev–Trinajstić information content (AvgIpc) is 3.03. The number of thioether (sulfide) groups is 1. The van der Waals surface area contributed by atoms with Gasteiger partial charge in [-0.05, 0) is 36.8 Å². The van der Waals surface area contributed by atoms with E-state index in [9.17, 15) is 4.79 Å². The number of nitrogens with zero attached hydrogens (tertiary/aromatic N) is 2. The molecule has 1 heterocycles. The first-order valence-corrected chi connectivity index (χ1v) is 9.49. The van der Waals surface area contributed by atoms with Crippen molar-refractivity contribution in [2.75, 3.05) is 20.0 Å². The zero-order valence-electron chi connectivity index (χ0n) is 15.2. The predicted octanol–water partition coefficient (Wildman–Crippen LogP) is 4.44. The van der Waals surface area contributed by atoms with Gasteiger partial charge in [-0.15, -0.1) is 0 Å². The van der Waals surface area contributed by atoms with Gasteiger partial charge in [0, 0.05) is 11.3 Å². The van der Waals surface area contributed by atoms with Crippen molar-refractivity contribution in [1.82, 2.24) is 9.55 Å². The molecule has 0 fully saturated rings. The minimum Gasteiger partial charge on any atom is -0.493 e. The third-order valence-electron chi connectivity index (χ3n) is 4.06. The van der Waals surface area contributed by atoms with Gasteiger partial charge in [-0.1, -0.05) is 30.8 Å². The third kappa shape index (κ3) is 3.70. The van der Waals surface area contributed by atoms with Crippen LogP contribution in [0.3, 0.4) is 0 Å². The van der Waals surface area contributed by atoms with E-state index >= 15 is 0 Å². The zero-order valence-corrected chi connectivity index (χ0v) is 16.0. The molecule has 0 aliphatic heterocycles. The molecule has 0 saturated carbocycles. The first kappa shape index (κ1) is 18.3. The van der Waals surface area contributed by atoms with Gasteiger partial charge >= 0.3 is 0 Å². The van der Waals surface area contributed by atoms with Crippen LogP contribution in [0.1, 0.15) is 23.7 Å². The van der Waals surface area contributed by atoms with Crippen molar-refractivity contribution < 1.29 is 14.3 Å². The van der Waals surface area contributed by atoms with Crippen molar-refractivity contribution in [3.05, 3.63) is 48.0 Å². The van der Waals surface area contributed by atoms with Crippen molar-refractivity contribution in [2.24, 2.45) is 0 Å². The number of methoxy groups -OCH3 is 2. The Hall–Kier alpha value is -2.47. The standard InChI is InChI=1S/C20H22N2O3S/c1-4-11-26-20-21-15-7-5-6-8-16(15)22(20)13-17(23)14-9-10-18(24-2)19(12-14)25-3/h5-10,12H,4,11,13H2,1-3H3. The van der Waals surface area contributed by atoms with E-state index in [-0.39, 0.29) is 12.3 Å². The molecule has 2 aromatic carbocycles. The van der Waals surface area contributed by atoms with Crippen LogP contribution in [0.4, 0.5) is 0 Å². The van der Waals surface area contributed by atoms with Crippen molar-refractivity contribution >= 4 is 28.6 Å². The SMILES string of the molecule is CCCSc1nc2ccccc2n1CC(=O)c1ccc(OC)c(OC)c1. The fourth-order valence-electron chi connectivity index (χ4n) is 2.75. The fraction of sp³-hybridized carbons (Fsp3) is 0.300. The maximum atomic E-state index is 12.9. The van der Waals surface area contributed by atoms with Crippen molar-refractivity contribution in [3.63, 3.8) is 0 Å². The molecule has 0 radical (unpaired) electrons. The van der Waals surface area contributed by atoms with Crippen molar-refractivity contribution in [1.29, 1.82) is 0 Å². The highest BCUT2D eigenvalue weighted by Gasteiger charge is 2.16. The molecule has 0 N–H and O–H groups in total. The van der Waals surface area contributed by atoms with Crippen LogP contribution in [-0.4, -0.2) is 35.3 Å². The van der Waals surface area contributed by atoms with E-state index in [0.717, 1.165) is 28.4 Å². The Balaban J connectivity index is 1.93. The largest absolute Gasteiger partial charge is 0.493 e. The van der Waals surface area contributed by atoms with Crippen LogP contribution in [0.15, 0.2) is 47.6 Å². The lowest BCUT2D eigenvalue weighted by atomic mass is 10.1. The number of hydrogen-bond acceptors (Lipinski definition) is 5. The number of hydrogen-bond donors (Lipinski definition) is 0. The van der Waals surface area contributed by atoms with Gasteiger partial charge in [-0.2, -0.15) is 0 Å². The first-order valence-electron chi connectivity index (χ1n) is 8.51.